The maximum atomic E-state index is 11.2. The Bertz CT molecular complexity index is 928. The van der Waals surface area contributed by atoms with Crippen molar-refractivity contribution in [2.45, 2.75) is 59.8 Å². The van der Waals surface area contributed by atoms with Gasteiger partial charge in [-0.3, -0.25) is 4.79 Å². The number of hydrogen-bond donors (Lipinski definition) is 3. The third kappa shape index (κ3) is 11.3. The summed E-state index contributed by atoms with van der Waals surface area (Å²) in [7, 11) is 4.90. The van der Waals surface area contributed by atoms with Crippen LogP contribution in [0.15, 0.2) is 30.3 Å². The number of rotatable bonds is 11. The fourth-order valence-electron chi connectivity index (χ4n) is 3.32. The largest absolute Gasteiger partial charge is 0.496 e. The molecule has 1 amide bonds. The Morgan fingerprint density at radius 1 is 1.06 bits per heavy atom. The third-order valence-corrected chi connectivity index (χ3v) is 5.34. The van der Waals surface area contributed by atoms with Crippen LogP contribution in [0.3, 0.4) is 0 Å². The van der Waals surface area contributed by atoms with Gasteiger partial charge in [0.1, 0.15) is 5.75 Å². The average molecular weight is 505 g/mol. The van der Waals surface area contributed by atoms with Crippen LogP contribution in [0, 0.1) is 5.92 Å². The minimum absolute atomic E-state index is 0.166. The van der Waals surface area contributed by atoms with Gasteiger partial charge in [0.25, 0.3) is 0 Å². The van der Waals surface area contributed by atoms with Crippen molar-refractivity contribution in [3.63, 3.8) is 0 Å². The zero-order valence-electron chi connectivity index (χ0n) is 23.0. The Kier molecular flexibility index (Phi) is 16.2. The van der Waals surface area contributed by atoms with Crippen molar-refractivity contribution in [1.82, 2.24) is 0 Å². The number of nitrogens with one attached hydrogen (secondary N) is 1. The number of methoxy groups -OCH3 is 2. The molecule has 0 spiro atoms. The minimum Gasteiger partial charge on any atom is -0.496 e. The molecule has 8 nitrogen and oxygen atoms in total. The van der Waals surface area contributed by atoms with E-state index in [9.17, 15) is 4.79 Å². The van der Waals surface area contributed by atoms with E-state index in [1.807, 2.05) is 0 Å². The van der Waals surface area contributed by atoms with Crippen molar-refractivity contribution >= 4 is 18.1 Å². The Balaban J connectivity index is 0.000000657. The molecule has 0 heterocycles. The van der Waals surface area contributed by atoms with Gasteiger partial charge in [0, 0.05) is 19.2 Å². The number of carbonyl (C=O) groups is 2. The van der Waals surface area contributed by atoms with E-state index in [-0.39, 0.29) is 12.0 Å². The number of anilines is 1. The van der Waals surface area contributed by atoms with Crippen LogP contribution in [0.25, 0.3) is 0 Å². The van der Waals surface area contributed by atoms with Crippen LogP contribution in [0.5, 0.6) is 17.2 Å². The number of primary amides is 1. The molecule has 0 aliphatic heterocycles. The molecule has 202 valence electrons. The van der Waals surface area contributed by atoms with Gasteiger partial charge < -0.3 is 30.4 Å². The smallest absolute Gasteiger partial charge is 0.337 e. The van der Waals surface area contributed by atoms with E-state index >= 15 is 0 Å². The van der Waals surface area contributed by atoms with Gasteiger partial charge in [0.2, 0.25) is 6.41 Å². The monoisotopic (exact) mass is 504 g/mol. The summed E-state index contributed by atoms with van der Waals surface area (Å²) < 4.78 is 16.2. The van der Waals surface area contributed by atoms with Gasteiger partial charge in [0.05, 0.1) is 32.1 Å². The molecule has 0 radical (unpaired) electrons. The second kappa shape index (κ2) is 17.9. The molecule has 36 heavy (non-hydrogen) atoms. The highest BCUT2D eigenvalue weighted by molar-refractivity contribution is 5.95. The van der Waals surface area contributed by atoms with Gasteiger partial charge in [0.15, 0.2) is 11.5 Å². The van der Waals surface area contributed by atoms with Crippen molar-refractivity contribution in [3.8, 4) is 17.2 Å². The van der Waals surface area contributed by atoms with Gasteiger partial charge in [-0.2, -0.15) is 0 Å². The lowest BCUT2D eigenvalue weighted by molar-refractivity contribution is -0.106. The molecule has 2 aromatic rings. The summed E-state index contributed by atoms with van der Waals surface area (Å²) in [6, 6.07) is 9.59. The summed E-state index contributed by atoms with van der Waals surface area (Å²) in [6.45, 7) is 11.5. The molecule has 0 saturated carbocycles. The van der Waals surface area contributed by atoms with E-state index in [1.54, 1.807) is 20.2 Å². The minimum atomic E-state index is -1.00. The second-order valence-corrected chi connectivity index (χ2v) is 8.70. The first-order valence-corrected chi connectivity index (χ1v) is 12.2. The highest BCUT2D eigenvalue weighted by Gasteiger charge is 2.15. The van der Waals surface area contributed by atoms with E-state index in [0.29, 0.717) is 35.6 Å². The number of carboxylic acid groups (broad SMARTS) is 1. The lowest BCUT2D eigenvalue weighted by atomic mass is 9.99. The molecule has 0 aliphatic carbocycles. The number of amides is 1. The Morgan fingerprint density at radius 2 is 1.67 bits per heavy atom. The molecule has 2 rings (SSSR count). The lowest BCUT2D eigenvalue weighted by Crippen LogP contribution is -2.06. The highest BCUT2D eigenvalue weighted by atomic mass is 16.5. The fourth-order valence-corrected chi connectivity index (χ4v) is 3.32. The number of carbonyl (C=O) groups excluding carboxylic acids is 1. The van der Waals surface area contributed by atoms with E-state index in [4.69, 9.17) is 24.1 Å². The number of aryl methyl sites for hydroxylation is 1. The molecule has 0 unspecified atom stereocenters. The van der Waals surface area contributed by atoms with Crippen LogP contribution in [-0.4, -0.2) is 45.4 Å². The predicted octanol–water partition coefficient (Wildman–Crippen LogP) is 5.73. The summed E-state index contributed by atoms with van der Waals surface area (Å²) in [4.78, 5) is 19.7. The Morgan fingerprint density at radius 3 is 2.11 bits per heavy atom. The molecular formula is C28H44N2O6. The van der Waals surface area contributed by atoms with E-state index in [1.165, 1.54) is 24.3 Å². The number of hydrogen-bond acceptors (Lipinski definition) is 6. The number of benzene rings is 2. The van der Waals surface area contributed by atoms with Crippen LogP contribution in [-0.2, 0) is 11.2 Å². The van der Waals surface area contributed by atoms with Gasteiger partial charge >= 0.3 is 5.97 Å². The molecule has 2 aromatic carbocycles. The van der Waals surface area contributed by atoms with Crippen molar-refractivity contribution in [1.29, 1.82) is 0 Å². The first-order valence-electron chi connectivity index (χ1n) is 12.2. The summed E-state index contributed by atoms with van der Waals surface area (Å²) in [5, 5.41) is 12.0. The predicted molar refractivity (Wildman–Crippen MR) is 146 cm³/mol. The Labute approximate surface area is 216 Å². The van der Waals surface area contributed by atoms with Crippen LogP contribution in [0.1, 0.15) is 74.9 Å². The second-order valence-electron chi connectivity index (χ2n) is 8.70. The lowest BCUT2D eigenvalue weighted by Gasteiger charge is -2.14. The maximum absolute atomic E-state index is 11.2. The van der Waals surface area contributed by atoms with Crippen molar-refractivity contribution in [2.24, 2.45) is 11.7 Å². The van der Waals surface area contributed by atoms with Crippen molar-refractivity contribution in [3.05, 3.63) is 47.0 Å². The molecule has 0 fully saturated rings. The summed E-state index contributed by atoms with van der Waals surface area (Å²) in [6.07, 6.45) is 3.33. The van der Waals surface area contributed by atoms with Crippen LogP contribution >= 0.6 is 0 Å². The molecule has 8 heteroatoms. The quantitative estimate of drug-likeness (QED) is 0.264. The van der Waals surface area contributed by atoms with Gasteiger partial charge in [-0.1, -0.05) is 46.8 Å². The molecule has 4 N–H and O–H groups in total. The van der Waals surface area contributed by atoms with Crippen LogP contribution in [0.2, 0.25) is 0 Å². The SMILES string of the molecule is CCc1cc(C(C)C)ccc1OC.CNc1cc(OCCCC(C)C)c(OC)cc1C(=O)O.NC=O. The van der Waals surface area contributed by atoms with E-state index in [0.717, 1.165) is 25.0 Å². The number of aromatic carboxylic acids is 1. The zero-order valence-corrected chi connectivity index (χ0v) is 23.0. The average Bonchev–Trinajstić information content (AvgIpc) is 2.86. The standard InChI is InChI=1S/C15H23NO4.C12H18O.CH3NO/c1-10(2)6-5-7-20-14-9-12(16-3)11(15(17)18)8-13(14)19-4;1-5-10-8-11(9(2)3)6-7-12(10)13-4;2-1-3/h8-10,16H,5-7H2,1-4H3,(H,17,18);6-9H,5H2,1-4H3;1H,(H2,2,3). The fraction of sp³-hybridized carbons (Fsp3) is 0.500. The first kappa shape index (κ1) is 32.6. The molecule has 0 aromatic heterocycles. The number of ether oxygens (including phenoxy) is 3. The number of carboxylic acids is 1. The number of nitrogens with two attached hydrogens (primary N) is 1. The summed E-state index contributed by atoms with van der Waals surface area (Å²) in [5.41, 5.74) is 7.53. The summed E-state index contributed by atoms with van der Waals surface area (Å²) in [5.74, 6) is 2.24. The first-order chi connectivity index (χ1) is 17.1. The van der Waals surface area contributed by atoms with Gasteiger partial charge in [-0.05, 0) is 48.3 Å². The topological polar surface area (TPSA) is 120 Å². The highest BCUT2D eigenvalue weighted by Crippen LogP contribution is 2.33. The normalized spacial score (nSPS) is 9.94. The third-order valence-electron chi connectivity index (χ3n) is 5.34. The van der Waals surface area contributed by atoms with Crippen LogP contribution < -0.4 is 25.3 Å². The molecule has 0 atom stereocenters. The molecular weight excluding hydrogens is 460 g/mol. The van der Waals surface area contributed by atoms with Crippen LogP contribution in [0.4, 0.5) is 5.69 Å². The zero-order chi connectivity index (χ0) is 27.7. The maximum Gasteiger partial charge on any atom is 0.337 e. The summed E-state index contributed by atoms with van der Waals surface area (Å²) >= 11 is 0. The van der Waals surface area contributed by atoms with Gasteiger partial charge in [-0.25, -0.2) is 4.79 Å². The molecule has 0 saturated heterocycles. The van der Waals surface area contributed by atoms with E-state index in [2.05, 4.69) is 63.9 Å². The van der Waals surface area contributed by atoms with Crippen molar-refractivity contribution < 1.29 is 28.9 Å². The van der Waals surface area contributed by atoms with Gasteiger partial charge in [-0.15, -0.1) is 0 Å². The van der Waals surface area contributed by atoms with E-state index < -0.39 is 5.97 Å². The van der Waals surface area contributed by atoms with Crippen molar-refractivity contribution in [2.75, 3.05) is 33.2 Å². The Hall–Kier alpha value is -3.42. The molecule has 0 bridgehead atoms. The molecule has 0 aliphatic rings.